The van der Waals surface area contributed by atoms with Gasteiger partial charge in [0.2, 0.25) is 5.82 Å². The van der Waals surface area contributed by atoms with Crippen LogP contribution in [0.3, 0.4) is 0 Å². The molecule has 0 N–H and O–H groups in total. The summed E-state index contributed by atoms with van der Waals surface area (Å²) in [7, 11) is 0. The molecule has 0 saturated carbocycles. The summed E-state index contributed by atoms with van der Waals surface area (Å²) in [5.74, 6) is -0.941. The number of hydrogen-bond acceptors (Lipinski definition) is 6. The summed E-state index contributed by atoms with van der Waals surface area (Å²) in [6.07, 6.45) is -3.29. The van der Waals surface area contributed by atoms with E-state index < -0.39 is 12.1 Å². The molecule has 0 aliphatic carbocycles. The van der Waals surface area contributed by atoms with Crippen molar-refractivity contribution in [3.63, 3.8) is 0 Å². The SMILES string of the molecule is O=C(c1cccc(Br)c1)N1CCN(c2ccc(-c3noc(C(F)(F)F)n3)cn2)CC1. The Morgan fingerprint density at radius 2 is 1.87 bits per heavy atom. The standard InChI is InChI=1S/C19H15BrF3N5O2/c20-14-3-1-2-12(10-14)17(29)28-8-6-27(7-9-28)15-5-4-13(11-24-15)16-25-18(30-26-16)19(21,22)23/h1-5,10-11H,6-9H2. The number of halogens is 4. The minimum absolute atomic E-state index is 0.0307. The van der Waals surface area contributed by atoms with Crippen molar-refractivity contribution in [3.05, 3.63) is 58.5 Å². The first-order chi connectivity index (χ1) is 14.3. The number of piperazine rings is 1. The van der Waals surface area contributed by atoms with Gasteiger partial charge in [-0.1, -0.05) is 27.2 Å². The number of alkyl halides is 3. The van der Waals surface area contributed by atoms with E-state index in [1.807, 2.05) is 17.0 Å². The number of benzene rings is 1. The molecule has 3 heterocycles. The number of carbonyl (C=O) groups is 1. The fourth-order valence-corrected chi connectivity index (χ4v) is 3.50. The van der Waals surface area contributed by atoms with Crippen LogP contribution in [0.4, 0.5) is 19.0 Å². The van der Waals surface area contributed by atoms with Crippen molar-refractivity contribution in [3.8, 4) is 11.4 Å². The van der Waals surface area contributed by atoms with Crippen LogP contribution in [0.1, 0.15) is 16.2 Å². The average Bonchev–Trinajstić information content (AvgIpc) is 3.24. The largest absolute Gasteiger partial charge is 0.471 e. The number of anilines is 1. The minimum Gasteiger partial charge on any atom is -0.353 e. The highest BCUT2D eigenvalue weighted by molar-refractivity contribution is 9.10. The minimum atomic E-state index is -4.69. The second kappa shape index (κ2) is 8.05. The molecule has 1 aromatic carbocycles. The summed E-state index contributed by atoms with van der Waals surface area (Å²) in [4.78, 5) is 24.1. The molecule has 7 nitrogen and oxygen atoms in total. The highest BCUT2D eigenvalue weighted by Crippen LogP contribution is 2.29. The summed E-state index contributed by atoms with van der Waals surface area (Å²) >= 11 is 3.37. The van der Waals surface area contributed by atoms with Crippen molar-refractivity contribution in [2.45, 2.75) is 6.18 Å². The molecule has 1 aliphatic heterocycles. The van der Waals surface area contributed by atoms with Gasteiger partial charge in [0.1, 0.15) is 5.82 Å². The lowest BCUT2D eigenvalue weighted by Gasteiger charge is -2.35. The topological polar surface area (TPSA) is 75.4 Å². The Balaban J connectivity index is 1.39. The molecule has 0 radical (unpaired) electrons. The van der Waals surface area contributed by atoms with Gasteiger partial charge in [-0.15, -0.1) is 0 Å². The van der Waals surface area contributed by atoms with Crippen LogP contribution in [-0.2, 0) is 6.18 Å². The maximum absolute atomic E-state index is 12.6. The van der Waals surface area contributed by atoms with Gasteiger partial charge < -0.3 is 14.3 Å². The predicted octanol–water partition coefficient (Wildman–Crippen LogP) is 3.88. The lowest BCUT2D eigenvalue weighted by molar-refractivity contribution is -0.159. The van der Waals surface area contributed by atoms with E-state index in [1.165, 1.54) is 6.20 Å². The van der Waals surface area contributed by atoms with Crippen LogP contribution < -0.4 is 4.90 Å². The Hall–Kier alpha value is -2.95. The van der Waals surface area contributed by atoms with Gasteiger partial charge in [-0.2, -0.15) is 18.2 Å². The normalized spacial score (nSPS) is 14.8. The zero-order valence-corrected chi connectivity index (χ0v) is 17.0. The molecular weight excluding hydrogens is 467 g/mol. The summed E-state index contributed by atoms with van der Waals surface area (Å²) in [5, 5.41) is 3.35. The molecular formula is C19H15BrF3N5O2. The maximum atomic E-state index is 12.6. The van der Waals surface area contributed by atoms with Gasteiger partial charge >= 0.3 is 12.1 Å². The molecule has 0 atom stereocenters. The monoisotopic (exact) mass is 481 g/mol. The highest BCUT2D eigenvalue weighted by Gasteiger charge is 2.38. The number of amides is 1. The predicted molar refractivity (Wildman–Crippen MR) is 105 cm³/mol. The lowest BCUT2D eigenvalue weighted by Crippen LogP contribution is -2.49. The number of carbonyl (C=O) groups excluding carboxylic acids is 1. The number of pyridine rings is 1. The van der Waals surface area contributed by atoms with E-state index in [-0.39, 0.29) is 11.7 Å². The summed E-state index contributed by atoms with van der Waals surface area (Å²) in [6, 6.07) is 10.5. The van der Waals surface area contributed by atoms with Gasteiger partial charge in [0.05, 0.1) is 0 Å². The van der Waals surface area contributed by atoms with Crippen LogP contribution in [0.2, 0.25) is 0 Å². The molecule has 0 spiro atoms. The van der Waals surface area contributed by atoms with Crippen molar-refractivity contribution in [2.24, 2.45) is 0 Å². The number of rotatable bonds is 3. The van der Waals surface area contributed by atoms with Crippen LogP contribution in [0.5, 0.6) is 0 Å². The van der Waals surface area contributed by atoms with Gasteiger partial charge in [0.15, 0.2) is 0 Å². The molecule has 0 unspecified atom stereocenters. The molecule has 1 saturated heterocycles. The third-order valence-corrected chi connectivity index (χ3v) is 5.13. The molecule has 1 fully saturated rings. The smallest absolute Gasteiger partial charge is 0.353 e. The fourth-order valence-electron chi connectivity index (χ4n) is 3.10. The Labute approximate surface area is 177 Å². The first kappa shape index (κ1) is 20.3. The van der Waals surface area contributed by atoms with E-state index in [4.69, 9.17) is 0 Å². The highest BCUT2D eigenvalue weighted by atomic mass is 79.9. The maximum Gasteiger partial charge on any atom is 0.471 e. The zero-order valence-electron chi connectivity index (χ0n) is 15.4. The van der Waals surface area contributed by atoms with Crippen LogP contribution in [-0.4, -0.2) is 52.1 Å². The van der Waals surface area contributed by atoms with E-state index in [9.17, 15) is 18.0 Å². The summed E-state index contributed by atoms with van der Waals surface area (Å²) in [5.41, 5.74) is 0.945. The van der Waals surface area contributed by atoms with E-state index in [0.717, 1.165) is 4.47 Å². The van der Waals surface area contributed by atoms with Gasteiger partial charge in [0.25, 0.3) is 5.91 Å². The lowest BCUT2D eigenvalue weighted by atomic mass is 10.2. The first-order valence-corrected chi connectivity index (χ1v) is 9.78. The molecule has 156 valence electrons. The van der Waals surface area contributed by atoms with Crippen molar-refractivity contribution >= 4 is 27.7 Å². The van der Waals surface area contributed by atoms with Gasteiger partial charge in [-0.05, 0) is 30.3 Å². The van der Waals surface area contributed by atoms with Crippen molar-refractivity contribution in [2.75, 3.05) is 31.1 Å². The Morgan fingerprint density at radius 3 is 2.47 bits per heavy atom. The molecule has 11 heteroatoms. The van der Waals surface area contributed by atoms with E-state index in [2.05, 4.69) is 35.6 Å². The average molecular weight is 482 g/mol. The third-order valence-electron chi connectivity index (χ3n) is 4.64. The Morgan fingerprint density at radius 1 is 1.10 bits per heavy atom. The van der Waals surface area contributed by atoms with Crippen LogP contribution in [0.15, 0.2) is 51.6 Å². The summed E-state index contributed by atoms with van der Waals surface area (Å²) in [6.45, 7) is 2.25. The molecule has 0 bridgehead atoms. The first-order valence-electron chi connectivity index (χ1n) is 8.98. The van der Waals surface area contributed by atoms with E-state index in [1.54, 1.807) is 29.2 Å². The van der Waals surface area contributed by atoms with Gasteiger partial charge in [-0.25, -0.2) is 4.98 Å². The van der Waals surface area contributed by atoms with Crippen molar-refractivity contribution in [1.29, 1.82) is 0 Å². The molecule has 4 rings (SSSR count). The number of hydrogen-bond donors (Lipinski definition) is 0. The number of nitrogens with zero attached hydrogens (tertiary/aromatic N) is 5. The van der Waals surface area contributed by atoms with Crippen LogP contribution in [0.25, 0.3) is 11.4 Å². The van der Waals surface area contributed by atoms with E-state index >= 15 is 0 Å². The fraction of sp³-hybridized carbons (Fsp3) is 0.263. The van der Waals surface area contributed by atoms with Crippen molar-refractivity contribution in [1.82, 2.24) is 20.0 Å². The molecule has 1 amide bonds. The molecule has 2 aromatic heterocycles. The number of aromatic nitrogens is 3. The zero-order chi connectivity index (χ0) is 21.3. The third kappa shape index (κ3) is 4.30. The second-order valence-corrected chi connectivity index (χ2v) is 7.53. The molecule has 30 heavy (non-hydrogen) atoms. The summed E-state index contributed by atoms with van der Waals surface area (Å²) < 4.78 is 42.9. The Kier molecular flexibility index (Phi) is 5.46. The Bertz CT molecular complexity index is 1050. The quantitative estimate of drug-likeness (QED) is 0.565. The van der Waals surface area contributed by atoms with Crippen LogP contribution in [0, 0.1) is 0 Å². The second-order valence-electron chi connectivity index (χ2n) is 6.62. The van der Waals surface area contributed by atoms with Crippen molar-refractivity contribution < 1.29 is 22.5 Å². The van der Waals surface area contributed by atoms with Crippen LogP contribution >= 0.6 is 15.9 Å². The van der Waals surface area contributed by atoms with Gasteiger partial charge in [0, 0.05) is 48.0 Å². The van der Waals surface area contributed by atoms with Gasteiger partial charge in [-0.3, -0.25) is 4.79 Å². The van der Waals surface area contributed by atoms with E-state index in [0.29, 0.717) is 43.1 Å². The molecule has 1 aliphatic rings. The molecule has 3 aromatic rings.